The largest absolute Gasteiger partial charge is 0.385 e. The van der Waals surface area contributed by atoms with Crippen molar-refractivity contribution < 1.29 is 4.74 Å². The summed E-state index contributed by atoms with van der Waals surface area (Å²) in [4.78, 5) is 6.35. The maximum atomic E-state index is 5.06. The van der Waals surface area contributed by atoms with Crippen LogP contribution < -0.4 is 0 Å². The Morgan fingerprint density at radius 3 is 2.71 bits per heavy atom. The van der Waals surface area contributed by atoms with Crippen LogP contribution >= 0.6 is 0 Å². The summed E-state index contributed by atoms with van der Waals surface area (Å²) in [5, 5.41) is 0. The van der Waals surface area contributed by atoms with Gasteiger partial charge in [0.25, 0.3) is 0 Å². The quantitative estimate of drug-likeness (QED) is 0.382. The summed E-state index contributed by atoms with van der Waals surface area (Å²) >= 11 is 0. The van der Waals surface area contributed by atoms with Crippen molar-refractivity contribution in [1.29, 1.82) is 0 Å². The molecule has 3 heteroatoms. The third kappa shape index (κ3) is 4.09. The van der Waals surface area contributed by atoms with Crippen molar-refractivity contribution >= 4 is 6.34 Å². The summed E-state index contributed by atoms with van der Waals surface area (Å²) in [5.41, 5.74) is 0. The molecule has 3 nitrogen and oxygen atoms in total. The van der Waals surface area contributed by atoms with Gasteiger partial charge in [-0.3, -0.25) is 4.99 Å². The van der Waals surface area contributed by atoms with Gasteiger partial charge in [-0.05, 0) is 31.6 Å². The molecule has 1 heterocycles. The summed E-state index contributed by atoms with van der Waals surface area (Å²) in [6.07, 6.45) is 7.13. The first-order valence-electron chi connectivity index (χ1n) is 5.52. The minimum atomic E-state index is 0.909. The van der Waals surface area contributed by atoms with Gasteiger partial charge >= 0.3 is 0 Å². The molecule has 1 aliphatic heterocycles. The van der Waals surface area contributed by atoms with Crippen LogP contribution in [0.2, 0.25) is 0 Å². The number of hydrogen-bond acceptors (Lipinski definition) is 2. The molecule has 0 saturated carbocycles. The fourth-order valence-corrected chi connectivity index (χ4v) is 2.04. The second-order valence-corrected chi connectivity index (χ2v) is 3.99. The van der Waals surface area contributed by atoms with E-state index < -0.39 is 0 Å². The molecular formula is C11H22N2O. The van der Waals surface area contributed by atoms with Crippen molar-refractivity contribution in [1.82, 2.24) is 4.90 Å². The molecule has 1 fully saturated rings. The fraction of sp³-hybridized carbons (Fsp3) is 0.909. The average molecular weight is 198 g/mol. The first-order valence-corrected chi connectivity index (χ1v) is 5.52. The van der Waals surface area contributed by atoms with Crippen LogP contribution in [-0.4, -0.2) is 45.1 Å². The molecule has 1 aliphatic rings. The molecule has 0 unspecified atom stereocenters. The third-order valence-corrected chi connectivity index (χ3v) is 2.89. The van der Waals surface area contributed by atoms with Gasteiger partial charge in [0.15, 0.2) is 0 Å². The molecule has 1 rings (SSSR count). The molecule has 0 N–H and O–H groups in total. The Balaban J connectivity index is 2.09. The van der Waals surface area contributed by atoms with Gasteiger partial charge in [-0.15, -0.1) is 0 Å². The molecule has 0 bridgehead atoms. The lowest BCUT2D eigenvalue weighted by Crippen LogP contribution is -2.32. The summed E-state index contributed by atoms with van der Waals surface area (Å²) in [5.74, 6) is 0.909. The molecular weight excluding hydrogens is 176 g/mol. The SMILES string of the molecule is CN=CN1CCC(CCCOC)CC1. The number of methoxy groups -OCH3 is 1. The van der Waals surface area contributed by atoms with E-state index in [1.54, 1.807) is 7.11 Å². The van der Waals surface area contributed by atoms with E-state index in [0.29, 0.717) is 0 Å². The van der Waals surface area contributed by atoms with E-state index in [4.69, 9.17) is 4.74 Å². The summed E-state index contributed by atoms with van der Waals surface area (Å²) in [6.45, 7) is 3.26. The van der Waals surface area contributed by atoms with Crippen molar-refractivity contribution in [3.05, 3.63) is 0 Å². The predicted molar refractivity (Wildman–Crippen MR) is 59.8 cm³/mol. The summed E-state index contributed by atoms with van der Waals surface area (Å²) in [7, 11) is 3.62. The lowest BCUT2D eigenvalue weighted by Gasteiger charge is -2.30. The van der Waals surface area contributed by atoms with E-state index in [9.17, 15) is 0 Å². The van der Waals surface area contributed by atoms with Crippen molar-refractivity contribution in [2.24, 2.45) is 10.9 Å². The molecule has 0 amide bonds. The Morgan fingerprint density at radius 2 is 2.14 bits per heavy atom. The molecule has 0 aromatic carbocycles. The van der Waals surface area contributed by atoms with E-state index in [-0.39, 0.29) is 0 Å². The van der Waals surface area contributed by atoms with E-state index >= 15 is 0 Å². The monoisotopic (exact) mass is 198 g/mol. The molecule has 0 spiro atoms. The molecule has 82 valence electrons. The molecule has 1 saturated heterocycles. The lowest BCUT2D eigenvalue weighted by atomic mass is 9.92. The zero-order valence-electron chi connectivity index (χ0n) is 9.41. The fourth-order valence-electron chi connectivity index (χ4n) is 2.04. The number of ether oxygens (including phenoxy) is 1. The van der Waals surface area contributed by atoms with Crippen LogP contribution in [0.4, 0.5) is 0 Å². The summed E-state index contributed by atoms with van der Waals surface area (Å²) < 4.78 is 5.06. The molecule has 0 atom stereocenters. The Morgan fingerprint density at radius 1 is 1.43 bits per heavy atom. The van der Waals surface area contributed by atoms with Gasteiger partial charge in [-0.25, -0.2) is 0 Å². The highest BCUT2D eigenvalue weighted by Crippen LogP contribution is 2.20. The van der Waals surface area contributed by atoms with Crippen molar-refractivity contribution in [3.63, 3.8) is 0 Å². The molecule has 14 heavy (non-hydrogen) atoms. The van der Waals surface area contributed by atoms with E-state index in [0.717, 1.165) is 12.5 Å². The van der Waals surface area contributed by atoms with Gasteiger partial charge in [-0.1, -0.05) is 0 Å². The van der Waals surface area contributed by atoms with Crippen LogP contribution in [0.1, 0.15) is 25.7 Å². The first kappa shape index (κ1) is 11.5. The molecule has 0 radical (unpaired) electrons. The number of rotatable bonds is 5. The zero-order chi connectivity index (χ0) is 10.2. The highest BCUT2D eigenvalue weighted by molar-refractivity contribution is 5.54. The van der Waals surface area contributed by atoms with Crippen LogP contribution in [0.5, 0.6) is 0 Å². The Kier molecular flexibility index (Phi) is 5.60. The number of nitrogens with zero attached hydrogens (tertiary/aromatic N) is 2. The number of hydrogen-bond donors (Lipinski definition) is 0. The van der Waals surface area contributed by atoms with E-state index in [1.807, 2.05) is 13.4 Å². The number of aliphatic imine (C=N–C) groups is 1. The van der Waals surface area contributed by atoms with Gasteiger partial charge in [0.1, 0.15) is 0 Å². The minimum Gasteiger partial charge on any atom is -0.385 e. The average Bonchev–Trinajstić information content (AvgIpc) is 2.21. The van der Waals surface area contributed by atoms with Crippen LogP contribution in [0, 0.1) is 5.92 Å². The van der Waals surface area contributed by atoms with Crippen LogP contribution in [0.3, 0.4) is 0 Å². The second-order valence-electron chi connectivity index (χ2n) is 3.99. The normalized spacial score (nSPS) is 19.4. The highest BCUT2D eigenvalue weighted by Gasteiger charge is 2.16. The summed E-state index contributed by atoms with van der Waals surface area (Å²) in [6, 6.07) is 0. The molecule has 0 aromatic rings. The predicted octanol–water partition coefficient (Wildman–Crippen LogP) is 1.78. The van der Waals surface area contributed by atoms with Crippen LogP contribution in [0.15, 0.2) is 4.99 Å². The van der Waals surface area contributed by atoms with Crippen molar-refractivity contribution in [2.45, 2.75) is 25.7 Å². The maximum absolute atomic E-state index is 5.06. The van der Waals surface area contributed by atoms with Crippen molar-refractivity contribution in [3.8, 4) is 0 Å². The molecule has 0 aliphatic carbocycles. The van der Waals surface area contributed by atoms with E-state index in [2.05, 4.69) is 9.89 Å². The molecule has 0 aromatic heterocycles. The van der Waals surface area contributed by atoms with E-state index in [1.165, 1.54) is 38.8 Å². The van der Waals surface area contributed by atoms with Crippen molar-refractivity contribution in [2.75, 3.05) is 33.9 Å². The van der Waals surface area contributed by atoms with Gasteiger partial charge < -0.3 is 9.64 Å². The first-order chi connectivity index (χ1) is 6.86. The lowest BCUT2D eigenvalue weighted by molar-refractivity contribution is 0.176. The van der Waals surface area contributed by atoms with Gasteiger partial charge in [0.05, 0.1) is 6.34 Å². The number of likely N-dealkylation sites (tertiary alicyclic amines) is 1. The highest BCUT2D eigenvalue weighted by atomic mass is 16.5. The van der Waals surface area contributed by atoms with Gasteiger partial charge in [0.2, 0.25) is 0 Å². The van der Waals surface area contributed by atoms with Crippen LogP contribution in [0.25, 0.3) is 0 Å². The second kappa shape index (κ2) is 6.82. The Labute approximate surface area is 87.2 Å². The zero-order valence-corrected chi connectivity index (χ0v) is 9.41. The van der Waals surface area contributed by atoms with Gasteiger partial charge in [-0.2, -0.15) is 0 Å². The number of piperidine rings is 1. The topological polar surface area (TPSA) is 24.8 Å². The standard InChI is InChI=1S/C11H22N2O/c1-12-10-13-7-5-11(6-8-13)4-3-9-14-2/h10-11H,3-9H2,1-2H3. The minimum absolute atomic E-state index is 0.909. The van der Waals surface area contributed by atoms with Crippen LogP contribution in [-0.2, 0) is 4.74 Å². The third-order valence-electron chi connectivity index (χ3n) is 2.89. The maximum Gasteiger partial charge on any atom is 0.0846 e. The Bertz CT molecular complexity index is 163. The smallest absolute Gasteiger partial charge is 0.0846 e. The Hall–Kier alpha value is -0.570. The van der Waals surface area contributed by atoms with Gasteiger partial charge in [0, 0.05) is 33.9 Å².